The lowest BCUT2D eigenvalue weighted by Gasteiger charge is -2.28. The number of amides is 3. The summed E-state index contributed by atoms with van der Waals surface area (Å²) in [6.07, 6.45) is 0.440. The van der Waals surface area contributed by atoms with E-state index in [1.165, 1.54) is 4.90 Å². The molecule has 2 rings (SSSR count). The van der Waals surface area contributed by atoms with Gasteiger partial charge in [0.15, 0.2) is 0 Å². The Balaban J connectivity index is 2.09. The SMILES string of the molecule is CC(C)(C)OC(=O)N1C(C(=O)O)CC2(CC(=O)NNC=O)CC12. The van der Waals surface area contributed by atoms with Crippen LogP contribution < -0.4 is 10.9 Å². The number of piperidine rings is 1. The van der Waals surface area contributed by atoms with Crippen LogP contribution >= 0.6 is 0 Å². The molecule has 2 aliphatic rings. The summed E-state index contributed by atoms with van der Waals surface area (Å²) in [5, 5.41) is 9.35. The number of carboxylic acids is 1. The maximum Gasteiger partial charge on any atom is 0.411 e. The molecule has 0 radical (unpaired) electrons. The molecule has 3 unspecified atom stereocenters. The summed E-state index contributed by atoms with van der Waals surface area (Å²) in [6.45, 7) is 5.11. The second-order valence-corrected chi connectivity index (χ2v) is 7.02. The number of hydrazine groups is 1. The van der Waals surface area contributed by atoms with Crippen molar-refractivity contribution in [3.05, 3.63) is 0 Å². The fourth-order valence-electron chi connectivity index (χ4n) is 3.15. The van der Waals surface area contributed by atoms with Crippen molar-refractivity contribution < 1.29 is 29.0 Å². The summed E-state index contributed by atoms with van der Waals surface area (Å²) in [5.74, 6) is -1.54. The second-order valence-electron chi connectivity index (χ2n) is 7.02. The number of hydrogen-bond acceptors (Lipinski definition) is 5. The molecular weight excluding hydrogens is 306 g/mol. The minimum Gasteiger partial charge on any atom is -0.480 e. The lowest BCUT2D eigenvalue weighted by Crippen LogP contribution is -2.45. The molecule has 0 aromatic rings. The monoisotopic (exact) mass is 327 g/mol. The molecule has 3 atom stereocenters. The van der Waals surface area contributed by atoms with Crippen molar-refractivity contribution in [3.8, 4) is 0 Å². The number of ether oxygens (including phenoxy) is 1. The molecule has 1 saturated heterocycles. The van der Waals surface area contributed by atoms with Crippen molar-refractivity contribution in [2.24, 2.45) is 5.41 Å². The Labute approximate surface area is 133 Å². The second kappa shape index (κ2) is 5.71. The molecule has 23 heavy (non-hydrogen) atoms. The Kier molecular flexibility index (Phi) is 4.23. The van der Waals surface area contributed by atoms with Crippen molar-refractivity contribution >= 4 is 24.4 Å². The third-order valence-corrected chi connectivity index (χ3v) is 4.09. The van der Waals surface area contributed by atoms with Gasteiger partial charge in [0.1, 0.15) is 11.6 Å². The zero-order valence-electron chi connectivity index (χ0n) is 13.3. The molecule has 3 N–H and O–H groups in total. The molecule has 128 valence electrons. The van der Waals surface area contributed by atoms with Gasteiger partial charge in [0, 0.05) is 17.9 Å². The van der Waals surface area contributed by atoms with E-state index >= 15 is 0 Å². The normalized spacial score (nSPS) is 28.6. The summed E-state index contributed by atoms with van der Waals surface area (Å²) >= 11 is 0. The Bertz CT molecular complexity index is 543. The smallest absolute Gasteiger partial charge is 0.411 e. The first-order valence-electron chi connectivity index (χ1n) is 7.32. The number of fused-ring (bicyclic) bond motifs is 1. The van der Waals surface area contributed by atoms with E-state index in [1.807, 2.05) is 0 Å². The highest BCUT2D eigenvalue weighted by molar-refractivity contribution is 5.84. The molecule has 1 heterocycles. The highest BCUT2D eigenvalue weighted by Gasteiger charge is 2.68. The van der Waals surface area contributed by atoms with Gasteiger partial charge >= 0.3 is 12.1 Å². The van der Waals surface area contributed by atoms with Gasteiger partial charge < -0.3 is 9.84 Å². The predicted molar refractivity (Wildman–Crippen MR) is 76.9 cm³/mol. The average Bonchev–Trinajstić information content (AvgIpc) is 2.98. The summed E-state index contributed by atoms with van der Waals surface area (Å²) in [6, 6.07) is -1.34. The van der Waals surface area contributed by atoms with E-state index in [-0.39, 0.29) is 18.9 Å². The molecule has 9 nitrogen and oxygen atoms in total. The van der Waals surface area contributed by atoms with Gasteiger partial charge in [-0.1, -0.05) is 0 Å². The topological polar surface area (TPSA) is 125 Å². The maximum atomic E-state index is 12.3. The minimum atomic E-state index is -1.12. The van der Waals surface area contributed by atoms with E-state index in [1.54, 1.807) is 20.8 Å². The van der Waals surface area contributed by atoms with Crippen LogP contribution in [-0.4, -0.2) is 52.1 Å². The van der Waals surface area contributed by atoms with Gasteiger partial charge in [-0.25, -0.2) is 9.59 Å². The molecule has 2 fully saturated rings. The van der Waals surface area contributed by atoms with Crippen molar-refractivity contribution in [1.82, 2.24) is 15.8 Å². The van der Waals surface area contributed by atoms with Crippen LogP contribution in [0.3, 0.4) is 0 Å². The van der Waals surface area contributed by atoms with E-state index < -0.39 is 35.0 Å². The van der Waals surface area contributed by atoms with Crippen molar-refractivity contribution in [1.29, 1.82) is 0 Å². The van der Waals surface area contributed by atoms with Crippen LogP contribution in [0.15, 0.2) is 0 Å². The van der Waals surface area contributed by atoms with Crippen LogP contribution in [0.4, 0.5) is 4.79 Å². The van der Waals surface area contributed by atoms with E-state index in [4.69, 9.17) is 4.74 Å². The Hall–Kier alpha value is -2.32. The quantitative estimate of drug-likeness (QED) is 0.482. The third kappa shape index (κ3) is 3.54. The summed E-state index contributed by atoms with van der Waals surface area (Å²) in [4.78, 5) is 46.9. The van der Waals surface area contributed by atoms with Crippen LogP contribution in [0.2, 0.25) is 0 Å². The van der Waals surface area contributed by atoms with Crippen LogP contribution in [0.1, 0.15) is 40.0 Å². The highest BCUT2D eigenvalue weighted by Crippen LogP contribution is 2.61. The fourth-order valence-corrected chi connectivity index (χ4v) is 3.15. The first kappa shape index (κ1) is 17.0. The largest absolute Gasteiger partial charge is 0.480 e. The zero-order valence-corrected chi connectivity index (χ0v) is 13.3. The van der Waals surface area contributed by atoms with E-state index in [2.05, 4.69) is 10.9 Å². The molecule has 1 aliphatic carbocycles. The van der Waals surface area contributed by atoms with Gasteiger partial charge in [0.05, 0.1) is 0 Å². The molecule has 0 bridgehead atoms. The number of carbonyl (C=O) groups excluding carboxylic acids is 3. The van der Waals surface area contributed by atoms with Gasteiger partial charge in [-0.3, -0.25) is 25.3 Å². The highest BCUT2D eigenvalue weighted by atomic mass is 16.6. The number of carboxylic acid groups (broad SMARTS) is 1. The number of carbonyl (C=O) groups is 4. The number of likely N-dealkylation sites (tertiary alicyclic amines) is 1. The predicted octanol–water partition coefficient (Wildman–Crippen LogP) is 0.00640. The lowest BCUT2D eigenvalue weighted by atomic mass is 9.95. The molecule has 1 saturated carbocycles. The molecule has 0 spiro atoms. The van der Waals surface area contributed by atoms with Gasteiger partial charge in [-0.15, -0.1) is 0 Å². The maximum absolute atomic E-state index is 12.3. The van der Waals surface area contributed by atoms with Crippen molar-refractivity contribution in [3.63, 3.8) is 0 Å². The Morgan fingerprint density at radius 1 is 1.35 bits per heavy atom. The third-order valence-electron chi connectivity index (χ3n) is 4.09. The molecule has 1 aliphatic heterocycles. The molecule has 0 aromatic heterocycles. The number of aliphatic carboxylic acids is 1. The average molecular weight is 327 g/mol. The summed E-state index contributed by atoms with van der Waals surface area (Å²) < 4.78 is 5.28. The Morgan fingerprint density at radius 2 is 2.00 bits per heavy atom. The van der Waals surface area contributed by atoms with Gasteiger partial charge in [0.2, 0.25) is 12.3 Å². The summed E-state index contributed by atoms with van der Waals surface area (Å²) in [5.41, 5.74) is 2.96. The molecule has 3 amide bonds. The Morgan fingerprint density at radius 3 is 2.52 bits per heavy atom. The number of nitrogens with zero attached hydrogens (tertiary/aromatic N) is 1. The first-order chi connectivity index (χ1) is 10.6. The summed E-state index contributed by atoms with van der Waals surface area (Å²) in [7, 11) is 0. The standard InChI is InChI=1S/C14H21N3O6/c1-13(2,3)23-12(22)17-8(11(20)21)4-14(5-9(14)17)6-10(19)16-15-7-18/h7-9H,4-6H2,1-3H3,(H,15,18)(H,16,19)(H,20,21). The van der Waals surface area contributed by atoms with Crippen LogP contribution in [-0.2, 0) is 19.1 Å². The zero-order chi connectivity index (χ0) is 17.4. The first-order valence-corrected chi connectivity index (χ1v) is 7.32. The lowest BCUT2D eigenvalue weighted by molar-refractivity contribution is -0.142. The van der Waals surface area contributed by atoms with Crippen molar-refractivity contribution in [2.75, 3.05) is 0 Å². The minimum absolute atomic E-state index is 0.0432. The van der Waals surface area contributed by atoms with Gasteiger partial charge in [-0.05, 0) is 33.6 Å². The number of nitrogens with one attached hydrogen (secondary N) is 2. The van der Waals surface area contributed by atoms with Gasteiger partial charge in [0.25, 0.3) is 0 Å². The number of rotatable bonds is 5. The van der Waals surface area contributed by atoms with E-state index in [0.717, 1.165) is 0 Å². The van der Waals surface area contributed by atoms with E-state index in [0.29, 0.717) is 12.8 Å². The molecule has 9 heteroatoms. The van der Waals surface area contributed by atoms with Crippen LogP contribution in [0.25, 0.3) is 0 Å². The van der Waals surface area contributed by atoms with E-state index in [9.17, 15) is 24.3 Å². The molecular formula is C14H21N3O6. The van der Waals surface area contributed by atoms with Crippen LogP contribution in [0, 0.1) is 5.41 Å². The molecule has 0 aromatic carbocycles. The fraction of sp³-hybridized carbons (Fsp3) is 0.714. The van der Waals surface area contributed by atoms with Crippen molar-refractivity contribution in [2.45, 2.75) is 57.7 Å². The van der Waals surface area contributed by atoms with Crippen LogP contribution in [0.5, 0.6) is 0 Å². The number of hydrogen-bond donors (Lipinski definition) is 3. The van der Waals surface area contributed by atoms with Gasteiger partial charge in [-0.2, -0.15) is 0 Å².